The first-order valence-corrected chi connectivity index (χ1v) is 3.34. The fourth-order valence-corrected chi connectivity index (χ4v) is 0.928. The lowest BCUT2D eigenvalue weighted by molar-refractivity contribution is 1.03. The van der Waals surface area contributed by atoms with Crippen molar-refractivity contribution >= 4 is 5.69 Å². The first-order chi connectivity index (χ1) is 5.27. The third-order valence-electron chi connectivity index (χ3n) is 1.59. The molecule has 0 unspecified atom stereocenters. The Morgan fingerprint density at radius 2 is 2.09 bits per heavy atom. The molecule has 0 atom stereocenters. The molecule has 1 aromatic rings. The van der Waals surface area contributed by atoms with Crippen LogP contribution in [0.15, 0.2) is 15.8 Å². The van der Waals surface area contributed by atoms with Gasteiger partial charge in [0.25, 0.3) is 5.56 Å². The predicted molar refractivity (Wildman–Crippen MR) is 39.9 cm³/mol. The van der Waals surface area contributed by atoms with Crippen LogP contribution in [0.2, 0.25) is 0 Å². The number of hydrogen-bond acceptors (Lipinski definition) is 3. The molecule has 2 heterocycles. The Labute approximate surface area is 61.7 Å². The molecule has 1 aliphatic rings. The molecule has 2 N–H and O–H groups in total. The average molecular weight is 153 g/mol. The topological polar surface area (TPSA) is 68.7 Å². The van der Waals surface area contributed by atoms with Crippen LogP contribution in [0.4, 0.5) is 5.69 Å². The molecular weight excluding hydrogens is 146 g/mol. The smallest absolute Gasteiger partial charge is 0.325 e. The van der Waals surface area contributed by atoms with Crippen LogP contribution < -0.4 is 16.1 Å². The van der Waals surface area contributed by atoms with Crippen molar-refractivity contribution in [2.45, 2.75) is 0 Å². The Kier molecular flexibility index (Phi) is 1.12. The van der Waals surface area contributed by atoms with Crippen LogP contribution in [0.3, 0.4) is 0 Å². The van der Waals surface area contributed by atoms with Gasteiger partial charge in [0.2, 0.25) is 0 Å². The molecule has 0 amide bonds. The summed E-state index contributed by atoms with van der Waals surface area (Å²) < 4.78 is 0. The monoisotopic (exact) mass is 153 g/mol. The summed E-state index contributed by atoms with van der Waals surface area (Å²) in [6, 6.07) is 0. The molecule has 58 valence electrons. The van der Waals surface area contributed by atoms with Gasteiger partial charge in [0.15, 0.2) is 0 Å². The molecule has 0 spiro atoms. The van der Waals surface area contributed by atoms with Gasteiger partial charge < -0.3 is 9.88 Å². The number of nitrogens with zero attached hydrogens (tertiary/aromatic N) is 1. The van der Waals surface area contributed by atoms with Gasteiger partial charge in [0.05, 0.1) is 0 Å². The highest BCUT2D eigenvalue weighted by Gasteiger charge is 2.20. The van der Waals surface area contributed by atoms with Crippen molar-refractivity contribution in [2.75, 3.05) is 18.0 Å². The predicted octanol–water partition coefficient (Wildman–Crippen LogP) is -1.12. The fourth-order valence-electron chi connectivity index (χ4n) is 0.928. The molecule has 5 heteroatoms. The van der Waals surface area contributed by atoms with Gasteiger partial charge in [-0.2, -0.15) is 0 Å². The summed E-state index contributed by atoms with van der Waals surface area (Å²) in [6.45, 7) is 1.80. The summed E-state index contributed by atoms with van der Waals surface area (Å²) in [5.74, 6) is 0. The van der Waals surface area contributed by atoms with Gasteiger partial charge >= 0.3 is 5.69 Å². The number of H-pyrrole nitrogens is 2. The fraction of sp³-hybridized carbons (Fsp3) is 0.333. The maximum Gasteiger partial charge on any atom is 0.325 e. The van der Waals surface area contributed by atoms with E-state index in [4.69, 9.17) is 0 Å². The minimum atomic E-state index is -0.458. The number of aromatic nitrogens is 2. The normalized spacial score (nSPS) is 15.1. The Morgan fingerprint density at radius 3 is 2.64 bits per heavy atom. The first-order valence-electron chi connectivity index (χ1n) is 3.34. The van der Waals surface area contributed by atoms with Crippen LogP contribution in [0, 0.1) is 0 Å². The first kappa shape index (κ1) is 6.21. The highest BCUT2D eigenvalue weighted by atomic mass is 16.2. The van der Waals surface area contributed by atoms with Gasteiger partial charge in [-0.25, -0.2) is 4.79 Å². The summed E-state index contributed by atoms with van der Waals surface area (Å²) >= 11 is 0. The van der Waals surface area contributed by atoms with E-state index in [1.54, 1.807) is 0 Å². The van der Waals surface area contributed by atoms with Crippen molar-refractivity contribution in [1.82, 2.24) is 9.97 Å². The summed E-state index contributed by atoms with van der Waals surface area (Å²) in [5, 5.41) is 0. The van der Waals surface area contributed by atoms with Gasteiger partial charge in [-0.3, -0.25) is 9.78 Å². The summed E-state index contributed by atoms with van der Waals surface area (Å²) in [6.07, 6.45) is 1.44. The van der Waals surface area contributed by atoms with Gasteiger partial charge in [0.1, 0.15) is 5.69 Å². The quantitative estimate of drug-likeness (QED) is 0.502. The maximum atomic E-state index is 11.0. The number of aromatic amines is 2. The van der Waals surface area contributed by atoms with Crippen molar-refractivity contribution < 1.29 is 0 Å². The van der Waals surface area contributed by atoms with Crippen molar-refractivity contribution in [3.05, 3.63) is 27.0 Å². The van der Waals surface area contributed by atoms with Crippen LogP contribution >= 0.6 is 0 Å². The second kappa shape index (κ2) is 1.98. The molecule has 0 aliphatic carbocycles. The third kappa shape index (κ3) is 1.04. The van der Waals surface area contributed by atoms with E-state index in [9.17, 15) is 9.59 Å². The van der Waals surface area contributed by atoms with Crippen molar-refractivity contribution in [3.8, 4) is 0 Å². The number of anilines is 1. The Balaban J connectivity index is 2.56. The zero-order chi connectivity index (χ0) is 7.84. The third-order valence-corrected chi connectivity index (χ3v) is 1.59. The molecule has 1 aromatic heterocycles. The molecule has 0 bridgehead atoms. The second-order valence-electron chi connectivity index (χ2n) is 2.44. The van der Waals surface area contributed by atoms with E-state index >= 15 is 0 Å². The Morgan fingerprint density at radius 1 is 1.36 bits per heavy atom. The van der Waals surface area contributed by atoms with Crippen molar-refractivity contribution in [2.24, 2.45) is 0 Å². The zero-order valence-corrected chi connectivity index (χ0v) is 5.76. The number of rotatable bonds is 1. The molecule has 1 fully saturated rings. The van der Waals surface area contributed by atoms with Crippen LogP contribution in [-0.4, -0.2) is 23.1 Å². The summed E-state index contributed by atoms with van der Waals surface area (Å²) in [5.41, 5.74) is -0.226. The molecule has 11 heavy (non-hydrogen) atoms. The SMILES string of the molecule is O=c1[nH]cc(N2CC2)c(=O)[nH]1. The number of nitrogens with one attached hydrogen (secondary N) is 2. The average Bonchev–Trinajstić information content (AvgIpc) is 2.70. The lowest BCUT2D eigenvalue weighted by Crippen LogP contribution is -2.23. The molecule has 0 saturated carbocycles. The largest absolute Gasteiger partial charge is 0.362 e. The lowest BCUT2D eigenvalue weighted by Gasteiger charge is -1.96. The van der Waals surface area contributed by atoms with E-state index in [1.807, 2.05) is 4.90 Å². The van der Waals surface area contributed by atoms with E-state index < -0.39 is 5.69 Å². The van der Waals surface area contributed by atoms with Crippen LogP contribution in [0.1, 0.15) is 0 Å². The summed E-state index contributed by atoms with van der Waals surface area (Å²) in [7, 11) is 0. The molecule has 2 rings (SSSR count). The van der Waals surface area contributed by atoms with E-state index in [0.717, 1.165) is 13.1 Å². The van der Waals surface area contributed by atoms with Gasteiger partial charge in [-0.15, -0.1) is 0 Å². The maximum absolute atomic E-state index is 11.0. The van der Waals surface area contributed by atoms with Gasteiger partial charge in [-0.1, -0.05) is 0 Å². The molecule has 1 aliphatic heterocycles. The molecular formula is C6H7N3O2. The molecule has 5 nitrogen and oxygen atoms in total. The Hall–Kier alpha value is -1.52. The van der Waals surface area contributed by atoms with Crippen molar-refractivity contribution in [3.63, 3.8) is 0 Å². The minimum absolute atomic E-state index is 0.314. The van der Waals surface area contributed by atoms with E-state index in [-0.39, 0.29) is 5.56 Å². The van der Waals surface area contributed by atoms with Gasteiger partial charge in [0, 0.05) is 19.3 Å². The zero-order valence-electron chi connectivity index (χ0n) is 5.76. The van der Waals surface area contributed by atoms with Crippen molar-refractivity contribution in [1.29, 1.82) is 0 Å². The molecule has 1 saturated heterocycles. The second-order valence-corrected chi connectivity index (χ2v) is 2.44. The molecule has 0 radical (unpaired) electrons. The molecule has 0 aromatic carbocycles. The summed E-state index contributed by atoms with van der Waals surface area (Å²) in [4.78, 5) is 28.0. The van der Waals surface area contributed by atoms with Crippen LogP contribution in [0.5, 0.6) is 0 Å². The highest BCUT2D eigenvalue weighted by Crippen LogP contribution is 2.12. The minimum Gasteiger partial charge on any atom is -0.362 e. The van der Waals surface area contributed by atoms with Gasteiger partial charge in [-0.05, 0) is 0 Å². The number of hydrogen-bond donors (Lipinski definition) is 2. The van der Waals surface area contributed by atoms with Crippen LogP contribution in [0.25, 0.3) is 0 Å². The van der Waals surface area contributed by atoms with E-state index in [0.29, 0.717) is 5.69 Å². The van der Waals surface area contributed by atoms with E-state index in [2.05, 4.69) is 9.97 Å². The Bertz CT molecular complexity index is 374. The lowest BCUT2D eigenvalue weighted by atomic mass is 10.5. The van der Waals surface area contributed by atoms with Crippen LogP contribution in [-0.2, 0) is 0 Å². The standard InChI is InChI=1S/C6H7N3O2/c10-5-4(9-1-2-9)3-7-6(11)8-5/h3H,1-2H2,(H2,7,8,10,11). The van der Waals surface area contributed by atoms with E-state index in [1.165, 1.54) is 6.20 Å². The highest BCUT2D eigenvalue weighted by molar-refractivity contribution is 5.47.